The Morgan fingerprint density at radius 2 is 1.85 bits per heavy atom. The van der Waals surface area contributed by atoms with E-state index in [4.69, 9.17) is 0 Å². The fourth-order valence-corrected chi connectivity index (χ4v) is 2.47. The molecule has 1 saturated carbocycles. The molecule has 0 N–H and O–H groups in total. The molecular weight excluding hydrogens is 160 g/mol. The molecule has 0 radical (unpaired) electrons. The maximum Gasteiger partial charge on any atom is 0.123 e. The van der Waals surface area contributed by atoms with Crippen molar-refractivity contribution < 1.29 is 4.79 Å². The second kappa shape index (κ2) is 5.41. The van der Waals surface area contributed by atoms with Gasteiger partial charge >= 0.3 is 0 Å². The number of hydrogen-bond donors (Lipinski definition) is 0. The minimum Gasteiger partial charge on any atom is -0.303 e. The van der Waals surface area contributed by atoms with E-state index in [9.17, 15) is 4.79 Å². The van der Waals surface area contributed by atoms with E-state index >= 15 is 0 Å². The van der Waals surface area contributed by atoms with Crippen LogP contribution >= 0.6 is 0 Å². The van der Waals surface area contributed by atoms with Gasteiger partial charge in [-0.05, 0) is 31.1 Å². The normalized spacial score (nSPS) is 21.8. The predicted octanol–water partition coefficient (Wildman–Crippen LogP) is 3.43. The van der Waals surface area contributed by atoms with Gasteiger partial charge in [-0.2, -0.15) is 0 Å². The molecule has 76 valence electrons. The lowest BCUT2D eigenvalue weighted by molar-refractivity contribution is -0.113. The van der Waals surface area contributed by atoms with Crippen LogP contribution in [-0.4, -0.2) is 6.29 Å². The largest absolute Gasteiger partial charge is 0.303 e. The SMILES string of the molecule is CC(C)CC(C=O)C1CCCCC1. The van der Waals surface area contributed by atoms with Crippen LogP contribution in [0.25, 0.3) is 0 Å². The van der Waals surface area contributed by atoms with Crippen molar-refractivity contribution in [3.63, 3.8) is 0 Å². The fraction of sp³-hybridized carbons (Fsp3) is 0.917. The number of hydrogen-bond acceptors (Lipinski definition) is 1. The van der Waals surface area contributed by atoms with E-state index in [0.29, 0.717) is 17.8 Å². The summed E-state index contributed by atoms with van der Waals surface area (Å²) >= 11 is 0. The molecular formula is C12H22O. The minimum absolute atomic E-state index is 0.347. The van der Waals surface area contributed by atoms with Crippen LogP contribution in [0.2, 0.25) is 0 Å². The number of rotatable bonds is 4. The predicted molar refractivity (Wildman–Crippen MR) is 55.6 cm³/mol. The average Bonchev–Trinajstić information content (AvgIpc) is 2.15. The molecule has 1 aliphatic rings. The first-order valence-electron chi connectivity index (χ1n) is 5.69. The van der Waals surface area contributed by atoms with E-state index < -0.39 is 0 Å². The van der Waals surface area contributed by atoms with Gasteiger partial charge in [0.15, 0.2) is 0 Å². The lowest BCUT2D eigenvalue weighted by Crippen LogP contribution is -2.20. The Labute approximate surface area is 81.9 Å². The number of carbonyl (C=O) groups is 1. The van der Waals surface area contributed by atoms with Gasteiger partial charge in [-0.3, -0.25) is 0 Å². The molecule has 13 heavy (non-hydrogen) atoms. The first kappa shape index (κ1) is 10.7. The molecule has 0 aromatic rings. The summed E-state index contributed by atoms with van der Waals surface area (Å²) in [6.07, 6.45) is 8.93. The van der Waals surface area contributed by atoms with E-state index in [1.807, 2.05) is 0 Å². The summed E-state index contributed by atoms with van der Waals surface area (Å²) in [5, 5.41) is 0. The van der Waals surface area contributed by atoms with Crippen molar-refractivity contribution in [2.45, 2.75) is 52.4 Å². The smallest absolute Gasteiger partial charge is 0.123 e. The summed E-state index contributed by atoms with van der Waals surface area (Å²) < 4.78 is 0. The Bertz CT molecular complexity index is 145. The molecule has 0 heterocycles. The Balaban J connectivity index is 2.39. The molecule has 1 unspecified atom stereocenters. The first-order valence-corrected chi connectivity index (χ1v) is 5.69. The summed E-state index contributed by atoms with van der Waals surface area (Å²) in [6.45, 7) is 4.42. The van der Waals surface area contributed by atoms with E-state index in [-0.39, 0.29) is 0 Å². The monoisotopic (exact) mass is 182 g/mol. The van der Waals surface area contributed by atoms with Crippen molar-refractivity contribution in [1.29, 1.82) is 0 Å². The van der Waals surface area contributed by atoms with Gasteiger partial charge in [-0.15, -0.1) is 0 Å². The summed E-state index contributed by atoms with van der Waals surface area (Å²) in [5.41, 5.74) is 0. The van der Waals surface area contributed by atoms with Crippen LogP contribution in [0.1, 0.15) is 52.4 Å². The van der Waals surface area contributed by atoms with Crippen molar-refractivity contribution in [2.24, 2.45) is 17.8 Å². The Hall–Kier alpha value is -0.330. The van der Waals surface area contributed by atoms with Gasteiger partial charge in [-0.25, -0.2) is 0 Å². The van der Waals surface area contributed by atoms with Gasteiger partial charge in [0.25, 0.3) is 0 Å². The Morgan fingerprint density at radius 1 is 1.23 bits per heavy atom. The van der Waals surface area contributed by atoms with Crippen LogP contribution in [0.4, 0.5) is 0 Å². The molecule has 0 spiro atoms. The fourth-order valence-electron chi connectivity index (χ4n) is 2.47. The van der Waals surface area contributed by atoms with Crippen LogP contribution < -0.4 is 0 Å². The summed E-state index contributed by atoms with van der Waals surface area (Å²) in [4.78, 5) is 10.9. The molecule has 0 saturated heterocycles. The van der Waals surface area contributed by atoms with Gasteiger partial charge in [0, 0.05) is 5.92 Å². The highest BCUT2D eigenvalue weighted by Gasteiger charge is 2.23. The highest BCUT2D eigenvalue weighted by Crippen LogP contribution is 2.32. The average molecular weight is 182 g/mol. The molecule has 1 aliphatic carbocycles. The van der Waals surface area contributed by atoms with Crippen LogP contribution in [0.5, 0.6) is 0 Å². The lowest BCUT2D eigenvalue weighted by Gasteiger charge is -2.27. The van der Waals surface area contributed by atoms with Crippen molar-refractivity contribution >= 4 is 6.29 Å². The maximum atomic E-state index is 10.9. The third-order valence-electron chi connectivity index (χ3n) is 3.17. The summed E-state index contributed by atoms with van der Waals surface area (Å²) in [7, 11) is 0. The number of carbonyl (C=O) groups excluding carboxylic acids is 1. The molecule has 1 fully saturated rings. The minimum atomic E-state index is 0.347. The zero-order valence-corrected chi connectivity index (χ0v) is 8.96. The standard InChI is InChI=1S/C12H22O/c1-10(2)8-12(9-13)11-6-4-3-5-7-11/h9-12H,3-8H2,1-2H3. The van der Waals surface area contributed by atoms with Crippen LogP contribution in [0, 0.1) is 17.8 Å². The van der Waals surface area contributed by atoms with Crippen molar-refractivity contribution in [3.8, 4) is 0 Å². The van der Waals surface area contributed by atoms with E-state index in [1.165, 1.54) is 38.4 Å². The maximum absolute atomic E-state index is 10.9. The molecule has 1 nitrogen and oxygen atoms in total. The topological polar surface area (TPSA) is 17.1 Å². The van der Waals surface area contributed by atoms with Gasteiger partial charge < -0.3 is 4.79 Å². The zero-order valence-electron chi connectivity index (χ0n) is 8.96. The molecule has 0 aromatic heterocycles. The van der Waals surface area contributed by atoms with Gasteiger partial charge in [0.05, 0.1) is 0 Å². The van der Waals surface area contributed by atoms with Crippen LogP contribution in [0.3, 0.4) is 0 Å². The second-order valence-electron chi connectivity index (χ2n) is 4.83. The number of aldehydes is 1. The quantitative estimate of drug-likeness (QED) is 0.609. The third kappa shape index (κ3) is 3.50. The second-order valence-corrected chi connectivity index (χ2v) is 4.83. The molecule has 0 amide bonds. The highest BCUT2D eigenvalue weighted by atomic mass is 16.1. The highest BCUT2D eigenvalue weighted by molar-refractivity contribution is 5.54. The molecule has 0 aromatic carbocycles. The van der Waals surface area contributed by atoms with E-state index in [1.54, 1.807) is 0 Å². The van der Waals surface area contributed by atoms with Gasteiger partial charge in [0.2, 0.25) is 0 Å². The van der Waals surface area contributed by atoms with Crippen molar-refractivity contribution in [1.82, 2.24) is 0 Å². The van der Waals surface area contributed by atoms with Gasteiger partial charge in [-0.1, -0.05) is 33.1 Å². The molecule has 1 heteroatoms. The van der Waals surface area contributed by atoms with Crippen molar-refractivity contribution in [3.05, 3.63) is 0 Å². The Kier molecular flexibility index (Phi) is 4.47. The molecule has 1 atom stereocenters. The van der Waals surface area contributed by atoms with Gasteiger partial charge in [0.1, 0.15) is 6.29 Å². The third-order valence-corrected chi connectivity index (χ3v) is 3.17. The van der Waals surface area contributed by atoms with Crippen LogP contribution in [-0.2, 0) is 4.79 Å². The summed E-state index contributed by atoms with van der Waals surface area (Å²) in [6, 6.07) is 0. The van der Waals surface area contributed by atoms with Crippen LogP contribution in [0.15, 0.2) is 0 Å². The first-order chi connectivity index (χ1) is 6.24. The molecule has 0 bridgehead atoms. The van der Waals surface area contributed by atoms with Crippen molar-refractivity contribution in [2.75, 3.05) is 0 Å². The van der Waals surface area contributed by atoms with E-state index in [2.05, 4.69) is 13.8 Å². The lowest BCUT2D eigenvalue weighted by atomic mass is 9.77. The molecule has 1 rings (SSSR count). The molecule has 0 aliphatic heterocycles. The summed E-state index contributed by atoms with van der Waals surface area (Å²) in [5.74, 6) is 1.71. The Morgan fingerprint density at radius 3 is 2.31 bits per heavy atom. The van der Waals surface area contributed by atoms with E-state index in [0.717, 1.165) is 6.42 Å². The zero-order chi connectivity index (χ0) is 9.68.